The van der Waals surface area contributed by atoms with Gasteiger partial charge in [0.15, 0.2) is 0 Å². The van der Waals surface area contributed by atoms with Crippen molar-refractivity contribution < 1.29 is 9.47 Å². The molecule has 3 nitrogen and oxygen atoms in total. The molecule has 1 unspecified atom stereocenters. The lowest BCUT2D eigenvalue weighted by molar-refractivity contribution is 0.0707. The molecule has 0 radical (unpaired) electrons. The maximum atomic E-state index is 5.38. The molecule has 14 heavy (non-hydrogen) atoms. The first-order chi connectivity index (χ1) is 6.88. The van der Waals surface area contributed by atoms with Gasteiger partial charge in [-0.15, -0.1) is 0 Å². The molecule has 0 aromatic heterocycles. The van der Waals surface area contributed by atoms with Crippen molar-refractivity contribution in [3.63, 3.8) is 0 Å². The van der Waals surface area contributed by atoms with E-state index in [0.29, 0.717) is 13.2 Å². The summed E-state index contributed by atoms with van der Waals surface area (Å²) in [5, 5.41) is 3.54. The van der Waals surface area contributed by atoms with E-state index in [1.165, 1.54) is 19.3 Å². The zero-order chi connectivity index (χ0) is 10.2. The summed E-state index contributed by atoms with van der Waals surface area (Å²) in [7, 11) is 1.70. The fourth-order valence-corrected chi connectivity index (χ4v) is 1.70. The molecule has 0 saturated heterocycles. The van der Waals surface area contributed by atoms with Crippen LogP contribution in [-0.2, 0) is 9.47 Å². The molecular formula is C11H23NO2. The number of hydrogen-bond acceptors (Lipinski definition) is 3. The topological polar surface area (TPSA) is 30.5 Å². The van der Waals surface area contributed by atoms with Crippen molar-refractivity contribution in [3.8, 4) is 0 Å². The van der Waals surface area contributed by atoms with Gasteiger partial charge in [0.05, 0.1) is 19.8 Å². The fraction of sp³-hybridized carbons (Fsp3) is 1.00. The van der Waals surface area contributed by atoms with Gasteiger partial charge in [-0.05, 0) is 25.2 Å². The zero-order valence-electron chi connectivity index (χ0n) is 9.42. The van der Waals surface area contributed by atoms with Gasteiger partial charge in [-0.3, -0.25) is 0 Å². The molecule has 1 rings (SSSR count). The van der Waals surface area contributed by atoms with Crippen LogP contribution in [0.5, 0.6) is 0 Å². The Morgan fingerprint density at radius 1 is 1.29 bits per heavy atom. The molecule has 3 heteroatoms. The highest BCUT2D eigenvalue weighted by molar-refractivity contribution is 4.85. The van der Waals surface area contributed by atoms with Gasteiger partial charge in [0.2, 0.25) is 0 Å². The molecule has 1 atom stereocenters. The molecule has 1 aliphatic carbocycles. The predicted molar refractivity (Wildman–Crippen MR) is 57.5 cm³/mol. The third-order valence-electron chi connectivity index (χ3n) is 2.72. The Bertz CT molecular complexity index is 137. The third-order valence-corrected chi connectivity index (χ3v) is 2.72. The van der Waals surface area contributed by atoms with Crippen LogP contribution < -0.4 is 5.32 Å². The Labute approximate surface area is 87.2 Å². The minimum atomic E-state index is 0.694. The van der Waals surface area contributed by atoms with E-state index in [4.69, 9.17) is 9.47 Å². The van der Waals surface area contributed by atoms with Crippen molar-refractivity contribution in [1.82, 2.24) is 5.32 Å². The van der Waals surface area contributed by atoms with Crippen LogP contribution in [0.4, 0.5) is 0 Å². The molecule has 0 amide bonds. The van der Waals surface area contributed by atoms with Crippen LogP contribution in [0, 0.1) is 5.92 Å². The molecule has 0 aromatic carbocycles. The second kappa shape index (κ2) is 7.21. The Morgan fingerprint density at radius 2 is 2.07 bits per heavy atom. The lowest BCUT2D eigenvalue weighted by atomic mass is 10.1. The summed E-state index contributed by atoms with van der Waals surface area (Å²) in [4.78, 5) is 0. The van der Waals surface area contributed by atoms with Crippen LogP contribution in [0.15, 0.2) is 0 Å². The molecular weight excluding hydrogens is 178 g/mol. The van der Waals surface area contributed by atoms with Crippen LogP contribution >= 0.6 is 0 Å². The number of hydrogen-bond donors (Lipinski definition) is 1. The smallest absolute Gasteiger partial charge is 0.0700 e. The molecule has 0 aliphatic heterocycles. The van der Waals surface area contributed by atoms with Crippen LogP contribution in [0.25, 0.3) is 0 Å². The Balaban J connectivity index is 1.86. The van der Waals surface area contributed by atoms with Crippen LogP contribution in [0.2, 0.25) is 0 Å². The van der Waals surface area contributed by atoms with E-state index in [1.807, 2.05) is 0 Å². The van der Waals surface area contributed by atoms with Crippen LogP contribution in [0.3, 0.4) is 0 Å². The minimum absolute atomic E-state index is 0.694. The molecule has 1 aliphatic rings. The highest BCUT2D eigenvalue weighted by Crippen LogP contribution is 2.33. The third kappa shape index (κ3) is 4.94. The first kappa shape index (κ1) is 12.0. The van der Waals surface area contributed by atoms with Gasteiger partial charge < -0.3 is 14.8 Å². The largest absolute Gasteiger partial charge is 0.382 e. The van der Waals surface area contributed by atoms with Gasteiger partial charge in [-0.25, -0.2) is 0 Å². The van der Waals surface area contributed by atoms with E-state index in [0.717, 1.165) is 25.1 Å². The standard InChI is InChI=1S/C11H23NO2/c1-3-11(10-4-5-10)12-6-7-14-9-8-13-2/h10-12H,3-9H2,1-2H3. The highest BCUT2D eigenvalue weighted by atomic mass is 16.5. The second-order valence-corrected chi connectivity index (χ2v) is 3.91. The van der Waals surface area contributed by atoms with Crippen molar-refractivity contribution in [2.45, 2.75) is 32.2 Å². The number of rotatable bonds is 9. The summed E-state index contributed by atoms with van der Waals surface area (Å²) >= 11 is 0. The Hall–Kier alpha value is -0.120. The summed E-state index contributed by atoms with van der Waals surface area (Å²) in [6, 6.07) is 0.723. The average Bonchev–Trinajstić information content (AvgIpc) is 3.01. The molecule has 0 heterocycles. The van der Waals surface area contributed by atoms with Crippen molar-refractivity contribution >= 4 is 0 Å². The number of nitrogens with one attached hydrogen (secondary N) is 1. The summed E-state index contributed by atoms with van der Waals surface area (Å²) < 4.78 is 10.3. The fourth-order valence-electron chi connectivity index (χ4n) is 1.70. The van der Waals surface area contributed by atoms with Gasteiger partial charge in [0, 0.05) is 19.7 Å². The van der Waals surface area contributed by atoms with Crippen molar-refractivity contribution in [3.05, 3.63) is 0 Å². The van der Waals surface area contributed by atoms with Crippen molar-refractivity contribution in [1.29, 1.82) is 0 Å². The van der Waals surface area contributed by atoms with E-state index in [-0.39, 0.29) is 0 Å². The average molecular weight is 201 g/mol. The molecule has 0 spiro atoms. The van der Waals surface area contributed by atoms with E-state index in [9.17, 15) is 0 Å². The maximum absolute atomic E-state index is 5.38. The number of methoxy groups -OCH3 is 1. The Morgan fingerprint density at radius 3 is 2.64 bits per heavy atom. The maximum Gasteiger partial charge on any atom is 0.0700 e. The lowest BCUT2D eigenvalue weighted by Crippen LogP contribution is -2.33. The highest BCUT2D eigenvalue weighted by Gasteiger charge is 2.29. The summed E-state index contributed by atoms with van der Waals surface area (Å²) in [5.41, 5.74) is 0. The van der Waals surface area contributed by atoms with E-state index in [2.05, 4.69) is 12.2 Å². The lowest BCUT2D eigenvalue weighted by Gasteiger charge is -2.15. The molecule has 1 saturated carbocycles. The predicted octanol–water partition coefficient (Wildman–Crippen LogP) is 1.43. The summed E-state index contributed by atoms with van der Waals surface area (Å²) in [6.45, 7) is 5.42. The molecule has 0 aromatic rings. The first-order valence-corrected chi connectivity index (χ1v) is 5.68. The van der Waals surface area contributed by atoms with Crippen molar-refractivity contribution in [2.24, 2.45) is 5.92 Å². The van der Waals surface area contributed by atoms with Crippen LogP contribution in [-0.4, -0.2) is 39.5 Å². The minimum Gasteiger partial charge on any atom is -0.382 e. The number of ether oxygens (including phenoxy) is 2. The summed E-state index contributed by atoms with van der Waals surface area (Å²) in [6.07, 6.45) is 4.06. The first-order valence-electron chi connectivity index (χ1n) is 5.68. The van der Waals surface area contributed by atoms with Gasteiger partial charge in [-0.1, -0.05) is 6.92 Å². The normalized spacial score (nSPS) is 18.4. The quantitative estimate of drug-likeness (QED) is 0.572. The molecule has 1 N–H and O–H groups in total. The monoisotopic (exact) mass is 201 g/mol. The second-order valence-electron chi connectivity index (χ2n) is 3.91. The van der Waals surface area contributed by atoms with E-state index >= 15 is 0 Å². The SMILES string of the molecule is CCC(NCCOCCOC)C1CC1. The molecule has 0 bridgehead atoms. The van der Waals surface area contributed by atoms with Crippen LogP contribution in [0.1, 0.15) is 26.2 Å². The molecule has 1 fully saturated rings. The van der Waals surface area contributed by atoms with E-state index < -0.39 is 0 Å². The van der Waals surface area contributed by atoms with Gasteiger partial charge >= 0.3 is 0 Å². The summed E-state index contributed by atoms with van der Waals surface area (Å²) in [5.74, 6) is 0.943. The van der Waals surface area contributed by atoms with Gasteiger partial charge in [0.1, 0.15) is 0 Å². The van der Waals surface area contributed by atoms with Gasteiger partial charge in [-0.2, -0.15) is 0 Å². The van der Waals surface area contributed by atoms with Gasteiger partial charge in [0.25, 0.3) is 0 Å². The molecule has 84 valence electrons. The van der Waals surface area contributed by atoms with Crippen molar-refractivity contribution in [2.75, 3.05) is 33.5 Å². The zero-order valence-corrected chi connectivity index (χ0v) is 9.42. The van der Waals surface area contributed by atoms with E-state index in [1.54, 1.807) is 7.11 Å². The Kier molecular flexibility index (Phi) is 6.15.